The zero-order chi connectivity index (χ0) is 13.7. The molecule has 1 heterocycles. The van der Waals surface area contributed by atoms with E-state index in [1.54, 1.807) is 24.3 Å². The largest absolute Gasteiger partial charge is 0.369 e. The number of hydrogen-bond donors (Lipinski definition) is 1. The molecule has 0 fully saturated rings. The third-order valence-electron chi connectivity index (χ3n) is 2.70. The van der Waals surface area contributed by atoms with Crippen LogP contribution in [0.15, 0.2) is 36.4 Å². The van der Waals surface area contributed by atoms with Gasteiger partial charge in [-0.3, -0.25) is 0 Å². The predicted molar refractivity (Wildman–Crippen MR) is 73.1 cm³/mol. The highest BCUT2D eigenvalue weighted by molar-refractivity contribution is 5.64. The summed E-state index contributed by atoms with van der Waals surface area (Å²) in [5, 5.41) is 12.2. The second-order valence-corrected chi connectivity index (χ2v) is 4.14. The number of hydrogen-bond acceptors (Lipinski definition) is 3. The van der Waals surface area contributed by atoms with Crippen molar-refractivity contribution in [3.8, 4) is 17.3 Å². The van der Waals surface area contributed by atoms with Crippen LogP contribution in [0.1, 0.15) is 18.9 Å². The van der Waals surface area contributed by atoms with Crippen LogP contribution in [0.5, 0.6) is 0 Å². The Morgan fingerprint density at radius 2 is 1.95 bits per heavy atom. The minimum atomic E-state index is -0.276. The Morgan fingerprint density at radius 3 is 2.58 bits per heavy atom. The Bertz CT molecular complexity index is 600. The molecule has 96 valence electrons. The molecule has 19 heavy (non-hydrogen) atoms. The average Bonchev–Trinajstić information content (AvgIpc) is 2.45. The Hall–Kier alpha value is -2.41. The molecule has 0 spiro atoms. The lowest BCUT2D eigenvalue weighted by Crippen LogP contribution is -2.04. The Labute approximate surface area is 111 Å². The van der Waals surface area contributed by atoms with Crippen molar-refractivity contribution < 1.29 is 4.39 Å². The van der Waals surface area contributed by atoms with Gasteiger partial charge in [0.15, 0.2) is 0 Å². The van der Waals surface area contributed by atoms with Gasteiger partial charge in [0.25, 0.3) is 0 Å². The molecule has 0 unspecified atom stereocenters. The van der Waals surface area contributed by atoms with Crippen molar-refractivity contribution >= 4 is 5.82 Å². The summed E-state index contributed by atoms with van der Waals surface area (Å²) in [7, 11) is 0. The van der Waals surface area contributed by atoms with Gasteiger partial charge in [-0.1, -0.05) is 6.92 Å². The summed E-state index contributed by atoms with van der Waals surface area (Å²) in [5.41, 5.74) is 2.06. The molecule has 0 saturated carbocycles. The van der Waals surface area contributed by atoms with Gasteiger partial charge in [-0.05, 0) is 42.8 Å². The zero-order valence-electron chi connectivity index (χ0n) is 10.7. The molecule has 0 aliphatic rings. The van der Waals surface area contributed by atoms with Crippen molar-refractivity contribution in [3.05, 3.63) is 47.8 Å². The molecule has 2 aromatic rings. The van der Waals surface area contributed by atoms with E-state index in [1.807, 2.05) is 6.92 Å². The number of pyridine rings is 1. The van der Waals surface area contributed by atoms with Crippen molar-refractivity contribution in [1.29, 1.82) is 5.26 Å². The number of nitrogens with zero attached hydrogens (tertiary/aromatic N) is 2. The quantitative estimate of drug-likeness (QED) is 0.908. The summed E-state index contributed by atoms with van der Waals surface area (Å²) in [4.78, 5) is 4.42. The van der Waals surface area contributed by atoms with E-state index < -0.39 is 0 Å². The number of aromatic nitrogens is 1. The van der Waals surface area contributed by atoms with E-state index in [4.69, 9.17) is 5.26 Å². The summed E-state index contributed by atoms with van der Waals surface area (Å²) in [6.45, 7) is 2.80. The normalized spacial score (nSPS) is 9.95. The van der Waals surface area contributed by atoms with E-state index in [0.29, 0.717) is 11.4 Å². The highest BCUT2D eigenvalue weighted by atomic mass is 19.1. The van der Waals surface area contributed by atoms with Crippen LogP contribution in [0, 0.1) is 17.1 Å². The molecule has 1 N–H and O–H groups in total. The third-order valence-corrected chi connectivity index (χ3v) is 2.70. The summed E-state index contributed by atoms with van der Waals surface area (Å²) in [5.74, 6) is 0.299. The van der Waals surface area contributed by atoms with Crippen LogP contribution in [-0.2, 0) is 0 Å². The molecule has 3 nitrogen and oxygen atoms in total. The molecule has 4 heteroatoms. The molecule has 0 radical (unpaired) electrons. The number of benzene rings is 1. The number of rotatable bonds is 4. The molecular formula is C15H14FN3. The van der Waals surface area contributed by atoms with E-state index in [-0.39, 0.29) is 5.82 Å². The van der Waals surface area contributed by atoms with E-state index >= 15 is 0 Å². The van der Waals surface area contributed by atoms with E-state index in [9.17, 15) is 4.39 Å². The van der Waals surface area contributed by atoms with Crippen LogP contribution >= 0.6 is 0 Å². The molecule has 0 aliphatic heterocycles. The first kappa shape index (κ1) is 13.0. The van der Waals surface area contributed by atoms with Crippen molar-refractivity contribution in [2.75, 3.05) is 11.9 Å². The van der Waals surface area contributed by atoms with Crippen LogP contribution in [-0.4, -0.2) is 11.5 Å². The molecule has 1 aromatic heterocycles. The molecule has 0 atom stereocenters. The molecule has 1 aromatic carbocycles. The minimum Gasteiger partial charge on any atom is -0.369 e. The number of anilines is 1. The van der Waals surface area contributed by atoms with Crippen LogP contribution in [0.4, 0.5) is 10.2 Å². The standard InChI is InChI=1S/C15H14FN3/c1-2-9-18-15-12(10-17)5-8-14(19-15)11-3-6-13(16)7-4-11/h3-8H,2,9H2,1H3,(H,18,19). The molecular weight excluding hydrogens is 241 g/mol. The summed E-state index contributed by atoms with van der Waals surface area (Å²) in [6.07, 6.45) is 0.952. The molecule has 0 aliphatic carbocycles. The fraction of sp³-hybridized carbons (Fsp3) is 0.200. The lowest BCUT2D eigenvalue weighted by molar-refractivity contribution is 0.628. The van der Waals surface area contributed by atoms with Crippen molar-refractivity contribution in [1.82, 2.24) is 4.98 Å². The van der Waals surface area contributed by atoms with Crippen LogP contribution in [0.25, 0.3) is 11.3 Å². The van der Waals surface area contributed by atoms with Crippen molar-refractivity contribution in [3.63, 3.8) is 0 Å². The maximum Gasteiger partial charge on any atom is 0.144 e. The highest BCUT2D eigenvalue weighted by Crippen LogP contribution is 2.21. The second-order valence-electron chi connectivity index (χ2n) is 4.14. The van der Waals surface area contributed by atoms with Crippen LogP contribution < -0.4 is 5.32 Å². The lowest BCUT2D eigenvalue weighted by atomic mass is 10.1. The van der Waals surface area contributed by atoms with Gasteiger partial charge in [-0.15, -0.1) is 0 Å². The number of nitriles is 1. The third kappa shape index (κ3) is 3.08. The fourth-order valence-electron chi connectivity index (χ4n) is 1.71. The first-order chi connectivity index (χ1) is 9.24. The van der Waals surface area contributed by atoms with Gasteiger partial charge < -0.3 is 5.32 Å². The molecule has 2 rings (SSSR count). The second kappa shape index (κ2) is 5.96. The first-order valence-corrected chi connectivity index (χ1v) is 6.15. The van der Waals surface area contributed by atoms with Crippen molar-refractivity contribution in [2.45, 2.75) is 13.3 Å². The van der Waals surface area contributed by atoms with E-state index in [2.05, 4.69) is 16.4 Å². The van der Waals surface area contributed by atoms with Crippen LogP contribution in [0.3, 0.4) is 0 Å². The van der Waals surface area contributed by atoms with Gasteiger partial charge in [-0.25, -0.2) is 9.37 Å². The fourth-order valence-corrected chi connectivity index (χ4v) is 1.71. The maximum atomic E-state index is 12.9. The maximum absolute atomic E-state index is 12.9. The minimum absolute atomic E-state index is 0.276. The summed E-state index contributed by atoms with van der Waals surface area (Å²) >= 11 is 0. The average molecular weight is 255 g/mol. The Morgan fingerprint density at radius 1 is 1.21 bits per heavy atom. The number of nitrogens with one attached hydrogen (secondary N) is 1. The molecule has 0 amide bonds. The van der Waals surface area contributed by atoms with Gasteiger partial charge in [-0.2, -0.15) is 5.26 Å². The van der Waals surface area contributed by atoms with Crippen molar-refractivity contribution in [2.24, 2.45) is 0 Å². The van der Waals surface area contributed by atoms with Gasteiger partial charge in [0.1, 0.15) is 17.7 Å². The van der Waals surface area contributed by atoms with Crippen LogP contribution in [0.2, 0.25) is 0 Å². The molecule has 0 bridgehead atoms. The SMILES string of the molecule is CCCNc1nc(-c2ccc(F)cc2)ccc1C#N. The predicted octanol–water partition coefficient (Wildman–Crippen LogP) is 3.58. The zero-order valence-corrected chi connectivity index (χ0v) is 10.7. The summed E-state index contributed by atoms with van der Waals surface area (Å²) < 4.78 is 12.9. The summed E-state index contributed by atoms with van der Waals surface area (Å²) in [6, 6.07) is 11.7. The number of halogens is 1. The smallest absolute Gasteiger partial charge is 0.144 e. The van der Waals surface area contributed by atoms with E-state index in [1.165, 1.54) is 12.1 Å². The topological polar surface area (TPSA) is 48.7 Å². The molecule has 0 saturated heterocycles. The first-order valence-electron chi connectivity index (χ1n) is 6.15. The van der Waals surface area contributed by atoms with E-state index in [0.717, 1.165) is 24.2 Å². The monoisotopic (exact) mass is 255 g/mol. The Kier molecular flexibility index (Phi) is 4.09. The highest BCUT2D eigenvalue weighted by Gasteiger charge is 2.06. The van der Waals surface area contributed by atoms with Gasteiger partial charge in [0, 0.05) is 12.1 Å². The van der Waals surface area contributed by atoms with Gasteiger partial charge in [0.2, 0.25) is 0 Å². The van der Waals surface area contributed by atoms with Gasteiger partial charge >= 0.3 is 0 Å². The van der Waals surface area contributed by atoms with Gasteiger partial charge in [0.05, 0.1) is 11.3 Å². The Balaban J connectivity index is 2.37. The lowest BCUT2D eigenvalue weighted by Gasteiger charge is -2.08.